The molecule has 0 saturated heterocycles. The minimum Gasteiger partial charge on any atom is -0.264 e. The molecule has 0 unspecified atom stereocenters. The third-order valence-corrected chi connectivity index (χ3v) is 8.89. The van der Waals surface area contributed by atoms with Gasteiger partial charge in [0.1, 0.15) is 6.54 Å². The Balaban J connectivity index is 1.33. The Morgan fingerprint density at radius 1 is 0.513 bits per heavy atom. The molecule has 0 amide bonds. The monoisotopic (exact) mass is 647 g/mol. The van der Waals surface area contributed by atoms with E-state index < -0.39 is 0 Å². The summed E-state index contributed by atoms with van der Waals surface area (Å²) in [5.74, 6) is 0. The molecular weight excluding hydrogens is 587 g/mol. The number of unbranched alkanes of at least 4 members (excludes halogenated alkanes) is 20. The van der Waals surface area contributed by atoms with Crippen molar-refractivity contribution in [3.63, 3.8) is 0 Å². The Bertz CT molecular complexity index is 779. The first-order chi connectivity index (χ1) is 19.4. The predicted molar refractivity (Wildman–Crippen MR) is 179 cm³/mol. The fourth-order valence-corrected chi connectivity index (χ4v) is 6.18. The molecule has 0 aromatic carbocycles. The van der Waals surface area contributed by atoms with Crippen molar-refractivity contribution in [1.82, 2.24) is 4.98 Å². The third kappa shape index (κ3) is 20.5. The first-order valence-corrected chi connectivity index (χ1v) is 18.3. The number of pyridine rings is 2. The maximum Gasteiger partial charge on any atom is 0.171 e. The topological polar surface area (TPSA) is 16.8 Å². The highest BCUT2D eigenvalue weighted by molar-refractivity contribution is 14.1. The van der Waals surface area contributed by atoms with Crippen LogP contribution in [0.3, 0.4) is 0 Å². The maximum atomic E-state index is 4.21. The van der Waals surface area contributed by atoms with Gasteiger partial charge in [-0.2, -0.15) is 0 Å². The number of aromatic nitrogens is 2. The van der Waals surface area contributed by atoms with Gasteiger partial charge in [0, 0.05) is 30.4 Å². The zero-order chi connectivity index (χ0) is 27.5. The largest absolute Gasteiger partial charge is 0.264 e. The Labute approximate surface area is 256 Å². The van der Waals surface area contributed by atoms with Gasteiger partial charge in [0.05, 0.1) is 0 Å². The second-order valence-corrected chi connectivity index (χ2v) is 12.9. The zero-order valence-corrected chi connectivity index (χ0v) is 27.4. The van der Waals surface area contributed by atoms with Crippen LogP contribution < -0.4 is 4.57 Å². The highest BCUT2D eigenvalue weighted by atomic mass is 127. The molecule has 2 aromatic heterocycles. The van der Waals surface area contributed by atoms with Crippen LogP contribution in [-0.4, -0.2) is 9.41 Å². The Kier molecular flexibility index (Phi) is 22.8. The van der Waals surface area contributed by atoms with E-state index in [-0.39, 0.29) is 0 Å². The summed E-state index contributed by atoms with van der Waals surface area (Å²) in [5, 5.41) is 0. The normalized spacial score (nSPS) is 11.3. The Morgan fingerprint density at radius 3 is 1.49 bits per heavy atom. The quantitative estimate of drug-likeness (QED) is 0.0408. The van der Waals surface area contributed by atoms with Crippen molar-refractivity contribution in [1.29, 1.82) is 0 Å². The van der Waals surface area contributed by atoms with E-state index in [1.165, 1.54) is 176 Å². The average molecular weight is 648 g/mol. The van der Waals surface area contributed by atoms with Gasteiger partial charge < -0.3 is 0 Å². The molecule has 0 aliphatic carbocycles. The van der Waals surface area contributed by atoms with Crippen LogP contribution in [0.1, 0.15) is 152 Å². The van der Waals surface area contributed by atoms with E-state index >= 15 is 0 Å². The van der Waals surface area contributed by atoms with E-state index in [0.717, 1.165) is 0 Å². The standard InChI is InChI=1S/C36H60IN2/c37-29-21-17-13-9-5-4-8-12-16-20-26-36-28-24-32-39(34-36)31-22-18-14-10-6-2-1-3-7-11-15-19-25-35-27-23-30-38-33-35/h23-24,27-28,30,32-34H,1-22,25-26,29,31H2/q+1. The molecule has 220 valence electrons. The van der Waals surface area contributed by atoms with Crippen molar-refractivity contribution >= 4 is 22.6 Å². The summed E-state index contributed by atoms with van der Waals surface area (Å²) in [5.41, 5.74) is 2.92. The summed E-state index contributed by atoms with van der Waals surface area (Å²) in [6, 6.07) is 8.83. The van der Waals surface area contributed by atoms with E-state index in [1.807, 2.05) is 18.5 Å². The van der Waals surface area contributed by atoms with Crippen molar-refractivity contribution < 1.29 is 4.57 Å². The molecule has 2 heterocycles. The van der Waals surface area contributed by atoms with Gasteiger partial charge in [-0.25, -0.2) is 4.57 Å². The molecule has 2 aromatic rings. The number of halogens is 1. The molecule has 0 bridgehead atoms. The lowest BCUT2D eigenvalue weighted by Crippen LogP contribution is -2.33. The van der Waals surface area contributed by atoms with Crippen LogP contribution in [0, 0.1) is 0 Å². The summed E-state index contributed by atoms with van der Waals surface area (Å²) in [6.07, 6.45) is 42.0. The molecular formula is C36H60IN2+. The van der Waals surface area contributed by atoms with Gasteiger partial charge in [0.15, 0.2) is 12.4 Å². The summed E-state index contributed by atoms with van der Waals surface area (Å²) < 4.78 is 3.76. The van der Waals surface area contributed by atoms with Crippen LogP contribution in [0.25, 0.3) is 0 Å². The number of nitrogens with zero attached hydrogens (tertiary/aromatic N) is 2. The van der Waals surface area contributed by atoms with Crippen LogP contribution in [0.15, 0.2) is 49.1 Å². The first kappa shape index (κ1) is 34.2. The predicted octanol–water partition coefficient (Wildman–Crippen LogP) is 11.2. The second-order valence-electron chi connectivity index (χ2n) is 11.8. The van der Waals surface area contributed by atoms with Gasteiger partial charge in [-0.3, -0.25) is 4.98 Å². The van der Waals surface area contributed by atoms with Crippen molar-refractivity contribution in [3.8, 4) is 0 Å². The lowest BCUT2D eigenvalue weighted by molar-refractivity contribution is -0.697. The van der Waals surface area contributed by atoms with Crippen LogP contribution in [0.4, 0.5) is 0 Å². The lowest BCUT2D eigenvalue weighted by atomic mass is 10.0. The number of aryl methyl sites for hydroxylation is 3. The molecule has 2 nitrogen and oxygen atoms in total. The molecule has 0 atom stereocenters. The SMILES string of the molecule is ICCCCCCCCCCCCc1ccc[n+](CCCCCCCCCCCCCCc2cccnc2)c1. The van der Waals surface area contributed by atoms with Crippen LogP contribution in [0.5, 0.6) is 0 Å². The highest BCUT2D eigenvalue weighted by Crippen LogP contribution is 2.14. The summed E-state index contributed by atoms with van der Waals surface area (Å²) in [7, 11) is 0. The summed E-state index contributed by atoms with van der Waals surface area (Å²) in [4.78, 5) is 4.21. The average Bonchev–Trinajstić information content (AvgIpc) is 2.97. The van der Waals surface area contributed by atoms with Gasteiger partial charge in [-0.1, -0.05) is 138 Å². The van der Waals surface area contributed by atoms with Gasteiger partial charge in [-0.05, 0) is 60.6 Å². The van der Waals surface area contributed by atoms with Crippen molar-refractivity contribution in [3.05, 3.63) is 60.2 Å². The summed E-state index contributed by atoms with van der Waals surface area (Å²) in [6.45, 7) is 1.19. The second kappa shape index (κ2) is 26.0. The molecule has 0 radical (unpaired) electrons. The number of alkyl halides is 1. The molecule has 2 rings (SSSR count). The van der Waals surface area contributed by atoms with E-state index in [9.17, 15) is 0 Å². The van der Waals surface area contributed by atoms with Crippen molar-refractivity contribution in [2.75, 3.05) is 4.43 Å². The van der Waals surface area contributed by atoms with Crippen molar-refractivity contribution in [2.24, 2.45) is 0 Å². The molecule has 39 heavy (non-hydrogen) atoms. The van der Waals surface area contributed by atoms with Crippen molar-refractivity contribution in [2.45, 2.75) is 161 Å². The first-order valence-electron chi connectivity index (χ1n) is 16.8. The minimum atomic E-state index is 1.19. The fourth-order valence-electron chi connectivity index (χ4n) is 5.64. The molecule has 0 aliphatic heterocycles. The fraction of sp³-hybridized carbons (Fsp3) is 0.722. The van der Waals surface area contributed by atoms with Gasteiger partial charge in [0.25, 0.3) is 0 Å². The molecule has 0 saturated carbocycles. The Hall–Kier alpha value is -0.970. The Morgan fingerprint density at radius 2 is 0.974 bits per heavy atom. The summed E-state index contributed by atoms with van der Waals surface area (Å²) >= 11 is 2.50. The van der Waals surface area contributed by atoms with Gasteiger partial charge >= 0.3 is 0 Å². The molecule has 3 heteroatoms. The minimum absolute atomic E-state index is 1.19. The number of rotatable bonds is 27. The smallest absolute Gasteiger partial charge is 0.171 e. The number of hydrogen-bond donors (Lipinski definition) is 0. The van der Waals surface area contributed by atoms with E-state index in [4.69, 9.17) is 0 Å². The molecule has 0 N–H and O–H groups in total. The van der Waals surface area contributed by atoms with Gasteiger partial charge in [-0.15, -0.1) is 0 Å². The van der Waals surface area contributed by atoms with E-state index in [0.29, 0.717) is 0 Å². The van der Waals surface area contributed by atoms with Crippen LogP contribution in [0.2, 0.25) is 0 Å². The maximum absolute atomic E-state index is 4.21. The molecule has 0 aliphatic rings. The van der Waals surface area contributed by atoms with E-state index in [2.05, 4.69) is 62.7 Å². The zero-order valence-electron chi connectivity index (χ0n) is 25.3. The van der Waals surface area contributed by atoms with Crippen LogP contribution >= 0.6 is 22.6 Å². The third-order valence-electron chi connectivity index (χ3n) is 8.12. The number of hydrogen-bond acceptors (Lipinski definition) is 1. The lowest BCUT2D eigenvalue weighted by Gasteiger charge is -2.04. The molecule has 0 fully saturated rings. The van der Waals surface area contributed by atoms with Gasteiger partial charge in [0.2, 0.25) is 0 Å². The highest BCUT2D eigenvalue weighted by Gasteiger charge is 2.03. The molecule has 0 spiro atoms. The van der Waals surface area contributed by atoms with E-state index in [1.54, 1.807) is 0 Å². The van der Waals surface area contributed by atoms with Crippen LogP contribution in [-0.2, 0) is 19.4 Å².